The van der Waals surface area contributed by atoms with Gasteiger partial charge in [-0.15, -0.1) is 0 Å². The van der Waals surface area contributed by atoms with E-state index in [1.807, 2.05) is 6.92 Å². The number of nitrogens with zero attached hydrogens (tertiary/aromatic N) is 2. The molecule has 2 aromatic rings. The van der Waals surface area contributed by atoms with E-state index >= 15 is 0 Å². The molecule has 0 aliphatic rings. The van der Waals surface area contributed by atoms with Crippen molar-refractivity contribution >= 4 is 15.9 Å². The average Bonchev–Trinajstić information content (AvgIpc) is 2.92. The predicted molar refractivity (Wildman–Crippen MR) is 91.4 cm³/mol. The number of aromatic nitrogens is 2. The monoisotopic (exact) mass is 350 g/mol. The van der Waals surface area contributed by atoms with Crippen molar-refractivity contribution in [2.75, 3.05) is 20.6 Å². The molecule has 0 aliphatic heterocycles. The van der Waals surface area contributed by atoms with Crippen molar-refractivity contribution in [2.24, 2.45) is 0 Å². The van der Waals surface area contributed by atoms with Crippen molar-refractivity contribution in [1.29, 1.82) is 0 Å². The molecule has 8 heteroatoms. The van der Waals surface area contributed by atoms with Crippen LogP contribution in [0, 0.1) is 13.8 Å². The first-order chi connectivity index (χ1) is 11.2. The van der Waals surface area contributed by atoms with Crippen LogP contribution in [0.1, 0.15) is 27.4 Å². The van der Waals surface area contributed by atoms with E-state index in [2.05, 4.69) is 15.3 Å². The van der Waals surface area contributed by atoms with Gasteiger partial charge in [0.05, 0.1) is 4.90 Å². The lowest BCUT2D eigenvalue weighted by Crippen LogP contribution is -2.27. The minimum atomic E-state index is -3.58. The Labute approximate surface area is 142 Å². The zero-order valence-corrected chi connectivity index (χ0v) is 15.1. The summed E-state index contributed by atoms with van der Waals surface area (Å²) in [5.41, 5.74) is 1.86. The summed E-state index contributed by atoms with van der Waals surface area (Å²) in [6, 6.07) is 4.68. The molecule has 0 bridgehead atoms. The van der Waals surface area contributed by atoms with Gasteiger partial charge in [-0.1, -0.05) is 6.07 Å². The number of carbonyl (C=O) groups excluding carboxylic acids is 1. The number of H-pyrrole nitrogens is 1. The molecule has 1 aromatic carbocycles. The van der Waals surface area contributed by atoms with Crippen LogP contribution in [0.25, 0.3) is 0 Å². The fourth-order valence-electron chi connectivity index (χ4n) is 2.23. The molecule has 1 heterocycles. The smallest absolute Gasteiger partial charge is 0.251 e. The van der Waals surface area contributed by atoms with Gasteiger partial charge in [0.2, 0.25) is 10.0 Å². The summed E-state index contributed by atoms with van der Waals surface area (Å²) in [5.74, 6) is 0.523. The molecular weight excluding hydrogens is 328 g/mol. The number of hydrogen-bond donors (Lipinski definition) is 2. The molecule has 0 fully saturated rings. The quantitative estimate of drug-likeness (QED) is 0.820. The summed E-state index contributed by atoms with van der Waals surface area (Å²) in [6.45, 7) is 4.00. The molecule has 0 saturated carbocycles. The summed E-state index contributed by atoms with van der Waals surface area (Å²) < 4.78 is 25.8. The minimum absolute atomic E-state index is 0.143. The van der Waals surface area contributed by atoms with Crippen LogP contribution in [0.5, 0.6) is 0 Å². The van der Waals surface area contributed by atoms with Gasteiger partial charge in [-0.05, 0) is 31.5 Å². The molecule has 130 valence electrons. The molecule has 1 aromatic heterocycles. The Balaban J connectivity index is 2.10. The van der Waals surface area contributed by atoms with Gasteiger partial charge in [0.15, 0.2) is 0 Å². The molecule has 0 unspecified atom stereocenters. The first-order valence-electron chi connectivity index (χ1n) is 7.53. The second kappa shape index (κ2) is 7.14. The number of nitrogens with one attached hydrogen (secondary N) is 2. The third-order valence-corrected chi connectivity index (χ3v) is 5.60. The first-order valence-corrected chi connectivity index (χ1v) is 8.97. The van der Waals surface area contributed by atoms with Gasteiger partial charge in [0.1, 0.15) is 5.82 Å². The zero-order chi connectivity index (χ0) is 17.9. The third kappa shape index (κ3) is 4.01. The second-order valence-electron chi connectivity index (χ2n) is 5.77. The van der Waals surface area contributed by atoms with Crippen molar-refractivity contribution in [2.45, 2.75) is 25.2 Å². The molecule has 0 saturated heterocycles. The highest BCUT2D eigenvalue weighted by Crippen LogP contribution is 2.19. The van der Waals surface area contributed by atoms with Gasteiger partial charge in [-0.2, -0.15) is 0 Å². The average molecular weight is 350 g/mol. The maximum Gasteiger partial charge on any atom is 0.251 e. The van der Waals surface area contributed by atoms with E-state index in [9.17, 15) is 13.2 Å². The number of rotatable bonds is 6. The topological polar surface area (TPSA) is 95.2 Å². The van der Waals surface area contributed by atoms with Crippen molar-refractivity contribution in [3.63, 3.8) is 0 Å². The van der Waals surface area contributed by atoms with E-state index in [1.165, 1.54) is 20.2 Å². The molecule has 0 aliphatic carbocycles. The standard InChI is InChI=1S/C16H22N4O3S/c1-11-5-6-13(9-15(11)24(22,23)20(3)4)16(21)17-8-7-14-10-18-12(2)19-14/h5-6,9-10H,7-8H2,1-4H3,(H,17,21)(H,18,19). The number of aromatic amines is 1. The Morgan fingerprint density at radius 1 is 1.29 bits per heavy atom. The van der Waals surface area contributed by atoms with E-state index in [0.717, 1.165) is 15.8 Å². The largest absolute Gasteiger partial charge is 0.352 e. The summed E-state index contributed by atoms with van der Waals surface area (Å²) >= 11 is 0. The lowest BCUT2D eigenvalue weighted by Gasteiger charge is -2.14. The molecule has 24 heavy (non-hydrogen) atoms. The normalized spacial score (nSPS) is 11.7. The Hall–Kier alpha value is -2.19. The van der Waals surface area contributed by atoms with Crippen LogP contribution in [0.2, 0.25) is 0 Å². The van der Waals surface area contributed by atoms with Crippen LogP contribution < -0.4 is 5.32 Å². The maximum absolute atomic E-state index is 12.3. The van der Waals surface area contributed by atoms with Gasteiger partial charge < -0.3 is 10.3 Å². The highest BCUT2D eigenvalue weighted by molar-refractivity contribution is 7.89. The van der Waals surface area contributed by atoms with Crippen molar-refractivity contribution in [3.05, 3.63) is 47.0 Å². The summed E-state index contributed by atoms with van der Waals surface area (Å²) in [4.78, 5) is 19.6. The lowest BCUT2D eigenvalue weighted by molar-refractivity contribution is 0.0954. The Morgan fingerprint density at radius 2 is 2.00 bits per heavy atom. The fraction of sp³-hybridized carbons (Fsp3) is 0.375. The molecule has 1 amide bonds. The molecule has 0 atom stereocenters. The molecule has 7 nitrogen and oxygen atoms in total. The van der Waals surface area contributed by atoms with Crippen LogP contribution in [-0.4, -0.2) is 49.2 Å². The van der Waals surface area contributed by atoms with Gasteiger partial charge in [-0.25, -0.2) is 17.7 Å². The van der Waals surface area contributed by atoms with E-state index in [0.29, 0.717) is 24.1 Å². The van der Waals surface area contributed by atoms with Gasteiger partial charge in [0, 0.05) is 44.5 Å². The van der Waals surface area contributed by atoms with E-state index < -0.39 is 10.0 Å². The number of sulfonamides is 1. The summed E-state index contributed by atoms with van der Waals surface area (Å²) in [5, 5.41) is 2.79. The number of carbonyl (C=O) groups is 1. The zero-order valence-electron chi connectivity index (χ0n) is 14.3. The van der Waals surface area contributed by atoms with E-state index in [1.54, 1.807) is 25.3 Å². The van der Waals surface area contributed by atoms with E-state index in [4.69, 9.17) is 0 Å². The van der Waals surface area contributed by atoms with Crippen LogP contribution in [0.15, 0.2) is 29.3 Å². The second-order valence-corrected chi connectivity index (χ2v) is 7.89. The number of amides is 1. The van der Waals surface area contributed by atoms with Crippen LogP contribution >= 0.6 is 0 Å². The van der Waals surface area contributed by atoms with Crippen molar-refractivity contribution in [3.8, 4) is 0 Å². The van der Waals surface area contributed by atoms with Crippen molar-refractivity contribution < 1.29 is 13.2 Å². The summed E-state index contributed by atoms with van der Waals surface area (Å²) in [6.07, 6.45) is 2.36. The summed E-state index contributed by atoms with van der Waals surface area (Å²) in [7, 11) is -0.652. The van der Waals surface area contributed by atoms with Gasteiger partial charge in [-0.3, -0.25) is 4.79 Å². The number of aryl methyl sites for hydroxylation is 2. The lowest BCUT2D eigenvalue weighted by atomic mass is 10.1. The number of hydrogen-bond acceptors (Lipinski definition) is 4. The SMILES string of the molecule is Cc1ncc(CCNC(=O)c2ccc(C)c(S(=O)(=O)N(C)C)c2)[nH]1. The van der Waals surface area contributed by atoms with Crippen LogP contribution in [0.3, 0.4) is 0 Å². The van der Waals surface area contributed by atoms with Crippen molar-refractivity contribution in [1.82, 2.24) is 19.6 Å². The Bertz CT molecular complexity index is 841. The third-order valence-electron chi connectivity index (χ3n) is 3.64. The number of benzene rings is 1. The van der Waals surface area contributed by atoms with Crippen LogP contribution in [-0.2, 0) is 16.4 Å². The van der Waals surface area contributed by atoms with E-state index in [-0.39, 0.29) is 10.8 Å². The first kappa shape index (κ1) is 18.2. The van der Waals surface area contributed by atoms with Crippen LogP contribution in [0.4, 0.5) is 0 Å². The van der Waals surface area contributed by atoms with Gasteiger partial charge in [0.25, 0.3) is 5.91 Å². The fourth-order valence-corrected chi connectivity index (χ4v) is 3.37. The molecule has 2 N–H and O–H groups in total. The Kier molecular flexibility index (Phi) is 5.40. The number of imidazole rings is 1. The highest BCUT2D eigenvalue weighted by Gasteiger charge is 2.21. The Morgan fingerprint density at radius 3 is 2.58 bits per heavy atom. The van der Waals surface area contributed by atoms with Gasteiger partial charge >= 0.3 is 0 Å². The molecular formula is C16H22N4O3S. The molecule has 0 radical (unpaired) electrons. The minimum Gasteiger partial charge on any atom is -0.352 e. The molecule has 0 spiro atoms. The maximum atomic E-state index is 12.3. The predicted octanol–water partition coefficient (Wildman–Crippen LogP) is 1.25. The molecule has 2 rings (SSSR count). The highest BCUT2D eigenvalue weighted by atomic mass is 32.2.